The second kappa shape index (κ2) is 11.1. The van der Waals surface area contributed by atoms with Crippen LogP contribution in [0.5, 0.6) is 0 Å². The van der Waals surface area contributed by atoms with Crippen LogP contribution in [0, 0.1) is 0 Å². The maximum absolute atomic E-state index is 13.8. The minimum Gasteiger partial charge on any atom is -0.464 e. The third-order valence-electron chi connectivity index (χ3n) is 6.52. The quantitative estimate of drug-likeness (QED) is 0.510. The van der Waals surface area contributed by atoms with Crippen LogP contribution in [0.25, 0.3) is 0 Å². The van der Waals surface area contributed by atoms with Crippen molar-refractivity contribution in [3.05, 3.63) is 82.8 Å². The third kappa shape index (κ3) is 5.48. The van der Waals surface area contributed by atoms with Crippen molar-refractivity contribution in [2.45, 2.75) is 60.2 Å². The summed E-state index contributed by atoms with van der Waals surface area (Å²) in [6.07, 6.45) is 2.28. The average molecular weight is 531 g/mol. The molecule has 0 saturated heterocycles. The molecule has 0 N–H and O–H groups in total. The van der Waals surface area contributed by atoms with Crippen LogP contribution in [0.15, 0.2) is 92.6 Å². The first-order chi connectivity index (χ1) is 17.2. The Kier molecular flexibility index (Phi) is 8.12. The number of ether oxygens (including phenoxy) is 2. The molecule has 192 valence electrons. The zero-order chi connectivity index (χ0) is 25.8. The number of sulfone groups is 2. The van der Waals surface area contributed by atoms with Gasteiger partial charge in [-0.1, -0.05) is 42.8 Å². The zero-order valence-electron chi connectivity index (χ0n) is 20.1. The highest BCUT2D eigenvalue weighted by atomic mass is 32.2. The van der Waals surface area contributed by atoms with Crippen molar-refractivity contribution in [2.75, 3.05) is 13.2 Å². The van der Waals surface area contributed by atoms with E-state index in [4.69, 9.17) is 9.47 Å². The highest BCUT2D eigenvalue weighted by molar-refractivity contribution is 7.95. The lowest BCUT2D eigenvalue weighted by atomic mass is 9.94. The van der Waals surface area contributed by atoms with Gasteiger partial charge >= 0.3 is 5.97 Å². The molecule has 7 nitrogen and oxygen atoms in total. The van der Waals surface area contributed by atoms with E-state index in [2.05, 4.69) is 0 Å². The molecule has 1 heterocycles. The molecule has 0 unspecified atom stereocenters. The van der Waals surface area contributed by atoms with Gasteiger partial charge in [-0.3, -0.25) is 0 Å². The minimum absolute atomic E-state index is 0.0278. The Morgan fingerprint density at radius 2 is 1.58 bits per heavy atom. The Morgan fingerprint density at radius 1 is 0.944 bits per heavy atom. The number of benzene rings is 2. The molecule has 1 aliphatic carbocycles. The van der Waals surface area contributed by atoms with Crippen molar-refractivity contribution in [3.8, 4) is 0 Å². The van der Waals surface area contributed by atoms with Gasteiger partial charge in [0.05, 0.1) is 28.3 Å². The first kappa shape index (κ1) is 26.3. The van der Waals surface area contributed by atoms with Gasteiger partial charge < -0.3 is 9.47 Å². The summed E-state index contributed by atoms with van der Waals surface area (Å²) < 4.78 is 65.4. The second-order valence-corrected chi connectivity index (χ2v) is 13.0. The van der Waals surface area contributed by atoms with Crippen molar-refractivity contribution in [2.24, 2.45) is 0 Å². The highest BCUT2D eigenvalue weighted by Crippen LogP contribution is 2.37. The molecule has 0 saturated carbocycles. The second-order valence-electron chi connectivity index (χ2n) is 8.83. The average Bonchev–Trinajstić information content (AvgIpc) is 2.98. The zero-order valence-corrected chi connectivity index (χ0v) is 21.8. The molecule has 0 radical (unpaired) electrons. The predicted octanol–water partition coefficient (Wildman–Crippen LogP) is 4.41. The molecule has 2 atom stereocenters. The molecule has 0 aromatic heterocycles. The molecular weight excluding hydrogens is 500 g/mol. The van der Waals surface area contributed by atoms with Gasteiger partial charge in [0.1, 0.15) is 0 Å². The first-order valence-corrected chi connectivity index (χ1v) is 15.1. The fraction of sp³-hybridized carbons (Fsp3) is 0.370. The monoisotopic (exact) mass is 530 g/mol. The van der Waals surface area contributed by atoms with Crippen LogP contribution in [-0.4, -0.2) is 47.4 Å². The van der Waals surface area contributed by atoms with E-state index in [-0.39, 0.29) is 40.8 Å². The van der Waals surface area contributed by atoms with Crippen LogP contribution in [0.2, 0.25) is 0 Å². The van der Waals surface area contributed by atoms with Gasteiger partial charge in [0.2, 0.25) is 9.84 Å². The van der Waals surface area contributed by atoms with E-state index >= 15 is 0 Å². The first-order valence-electron chi connectivity index (χ1n) is 12.0. The number of hydrogen-bond donors (Lipinski definition) is 0. The summed E-state index contributed by atoms with van der Waals surface area (Å²) in [5.41, 5.74) is 1.02. The third-order valence-corrected chi connectivity index (χ3v) is 10.6. The smallest absolute Gasteiger partial charge is 0.335 e. The molecule has 2 aromatic carbocycles. The number of hydrogen-bond acceptors (Lipinski definition) is 7. The van der Waals surface area contributed by atoms with E-state index in [1.807, 2.05) is 0 Å². The summed E-state index contributed by atoms with van der Waals surface area (Å²) in [6, 6.07) is 16.4. The maximum atomic E-state index is 13.8. The van der Waals surface area contributed by atoms with Gasteiger partial charge in [-0.15, -0.1) is 0 Å². The number of allylic oxidation sites excluding steroid dienone is 1. The molecule has 2 aromatic rings. The van der Waals surface area contributed by atoms with E-state index in [0.29, 0.717) is 30.4 Å². The molecule has 0 spiro atoms. The Morgan fingerprint density at radius 3 is 2.22 bits per heavy atom. The largest absolute Gasteiger partial charge is 0.464 e. The Hall–Kier alpha value is -2.75. The van der Waals surface area contributed by atoms with Crippen molar-refractivity contribution in [1.82, 2.24) is 0 Å². The molecule has 9 heteroatoms. The van der Waals surface area contributed by atoms with Gasteiger partial charge in [-0.25, -0.2) is 21.6 Å². The lowest BCUT2D eigenvalue weighted by Crippen LogP contribution is -2.36. The fourth-order valence-electron chi connectivity index (χ4n) is 4.68. The van der Waals surface area contributed by atoms with Crippen LogP contribution in [0.1, 0.15) is 39.0 Å². The van der Waals surface area contributed by atoms with E-state index in [1.54, 1.807) is 73.7 Å². The molecule has 0 bridgehead atoms. The highest BCUT2D eigenvalue weighted by Gasteiger charge is 2.38. The summed E-state index contributed by atoms with van der Waals surface area (Å²) in [7, 11) is -7.58. The van der Waals surface area contributed by atoms with E-state index in [9.17, 15) is 21.6 Å². The van der Waals surface area contributed by atoms with Crippen molar-refractivity contribution in [1.29, 1.82) is 0 Å². The van der Waals surface area contributed by atoms with Gasteiger partial charge in [0.25, 0.3) is 0 Å². The fourth-order valence-corrected chi connectivity index (χ4v) is 8.17. The van der Waals surface area contributed by atoms with Crippen LogP contribution < -0.4 is 0 Å². The number of rotatable bonds is 6. The summed E-state index contributed by atoms with van der Waals surface area (Å²) in [5, 5.41) is -0.897. The Bertz CT molecular complexity index is 1360. The van der Waals surface area contributed by atoms with E-state index in [0.717, 1.165) is 0 Å². The summed E-state index contributed by atoms with van der Waals surface area (Å²) in [4.78, 5) is 13.1. The summed E-state index contributed by atoms with van der Waals surface area (Å²) in [5.74, 6) is -0.555. The number of esters is 1. The van der Waals surface area contributed by atoms with E-state index in [1.165, 1.54) is 0 Å². The van der Waals surface area contributed by atoms with Gasteiger partial charge in [0.15, 0.2) is 15.9 Å². The summed E-state index contributed by atoms with van der Waals surface area (Å²) in [6.45, 7) is 1.79. The number of carbonyl (C=O) groups excluding carboxylic acids is 1. The standard InChI is InChI=1S/C27H30O7S2/c1-2-33-27(28)25-18-24-20(19-34-25)17-23(35(29,30)21-11-5-3-6-12-21)15-9-10-16-26(24)36(31,32)22-13-7-4-8-14-22/h3-8,11-14,17,25-26H,2,9-10,15-16,18-19H2,1H3/b23-17+/t25-,26+/m1/s1. The van der Waals surface area contributed by atoms with Crippen LogP contribution in [0.3, 0.4) is 0 Å². The predicted molar refractivity (Wildman–Crippen MR) is 136 cm³/mol. The van der Waals surface area contributed by atoms with Crippen LogP contribution in [0.4, 0.5) is 0 Å². The van der Waals surface area contributed by atoms with E-state index < -0.39 is 37.0 Å². The van der Waals surface area contributed by atoms with Crippen LogP contribution >= 0.6 is 0 Å². The molecule has 0 amide bonds. The lowest BCUT2D eigenvalue weighted by molar-refractivity contribution is -0.156. The molecule has 36 heavy (non-hydrogen) atoms. The van der Waals surface area contributed by atoms with Crippen molar-refractivity contribution >= 4 is 25.6 Å². The van der Waals surface area contributed by atoms with Crippen molar-refractivity contribution in [3.63, 3.8) is 0 Å². The van der Waals surface area contributed by atoms with Crippen molar-refractivity contribution < 1.29 is 31.1 Å². The van der Waals surface area contributed by atoms with Gasteiger partial charge in [-0.2, -0.15) is 0 Å². The SMILES string of the molecule is CCOC(=O)[C@H]1CC2=C(/C=C(/S(=O)(=O)c3ccccc3)CCCC[C@@H]2S(=O)(=O)c2ccccc2)CO1. The molecule has 2 aliphatic rings. The number of carbonyl (C=O) groups is 1. The lowest BCUT2D eigenvalue weighted by Gasteiger charge is -2.30. The molecule has 4 rings (SSSR count). The normalized spacial score (nSPS) is 22.9. The molecule has 0 fully saturated rings. The Labute approximate surface area is 212 Å². The molecular formula is C27H30O7S2. The topological polar surface area (TPSA) is 104 Å². The molecule has 1 aliphatic heterocycles. The van der Waals surface area contributed by atoms with Gasteiger partial charge in [0, 0.05) is 11.3 Å². The van der Waals surface area contributed by atoms with Crippen LogP contribution in [-0.2, 0) is 33.9 Å². The maximum Gasteiger partial charge on any atom is 0.335 e. The summed E-state index contributed by atoms with van der Waals surface area (Å²) >= 11 is 0. The Balaban J connectivity index is 1.85. The minimum atomic E-state index is -3.80. The van der Waals surface area contributed by atoms with Gasteiger partial charge in [-0.05, 0) is 67.7 Å².